The van der Waals surface area contributed by atoms with Crippen molar-refractivity contribution in [3.8, 4) is 0 Å². The molecule has 1 amide bonds. The van der Waals surface area contributed by atoms with Crippen LogP contribution in [0.3, 0.4) is 0 Å². The molecule has 0 aliphatic rings. The number of rotatable bonds is 6. The van der Waals surface area contributed by atoms with E-state index in [1.807, 2.05) is 25.6 Å². The van der Waals surface area contributed by atoms with Crippen LogP contribution in [-0.2, 0) is 18.3 Å². The zero-order chi connectivity index (χ0) is 16.3. The second kappa shape index (κ2) is 6.98. The first-order valence-electron chi connectivity index (χ1n) is 7.05. The van der Waals surface area contributed by atoms with Crippen molar-refractivity contribution in [3.63, 3.8) is 0 Å². The lowest BCUT2D eigenvalue weighted by Gasteiger charge is -2.22. The topological polar surface area (TPSA) is 63.1 Å². The molecular weight excluding hydrogens is 304 g/mol. The summed E-state index contributed by atoms with van der Waals surface area (Å²) in [4.78, 5) is 17.3. The number of hydrogen-bond donors (Lipinski definition) is 1. The maximum Gasteiger partial charge on any atom is 0.270 e. The number of hydrogen-bond acceptors (Lipinski definition) is 3. The average Bonchev–Trinajstić information content (AvgIpc) is 3.01. The molecule has 0 fully saturated rings. The smallest absolute Gasteiger partial charge is 0.270 e. The molecule has 2 heterocycles. The fourth-order valence-electron chi connectivity index (χ4n) is 2.35. The van der Waals surface area contributed by atoms with Crippen molar-refractivity contribution in [2.45, 2.75) is 20.4 Å². The lowest BCUT2D eigenvalue weighted by atomic mass is 10.1. The first-order valence-corrected chi connectivity index (χ1v) is 7.43. The van der Waals surface area contributed by atoms with Gasteiger partial charge < -0.3 is 14.6 Å². The zero-order valence-corrected chi connectivity index (χ0v) is 14.1. The monoisotopic (exact) mass is 324 g/mol. The van der Waals surface area contributed by atoms with Crippen molar-refractivity contribution < 1.29 is 9.53 Å². The number of amides is 1. The molecule has 0 aliphatic heterocycles. The molecule has 0 radical (unpaired) electrons. The molecule has 7 heteroatoms. The van der Waals surface area contributed by atoms with Crippen molar-refractivity contribution in [3.05, 3.63) is 39.9 Å². The molecule has 0 saturated heterocycles. The van der Waals surface area contributed by atoms with Crippen LogP contribution in [0.15, 0.2) is 12.3 Å². The molecular formula is C15H21ClN4O2. The van der Waals surface area contributed by atoms with Gasteiger partial charge in [-0.3, -0.25) is 9.48 Å². The molecule has 2 aromatic heterocycles. The number of nitrogens with one attached hydrogen (secondary N) is 1. The van der Waals surface area contributed by atoms with E-state index in [0.717, 1.165) is 17.0 Å². The lowest BCUT2D eigenvalue weighted by Crippen LogP contribution is -2.34. The van der Waals surface area contributed by atoms with E-state index in [1.165, 1.54) is 0 Å². The Balaban J connectivity index is 2.24. The van der Waals surface area contributed by atoms with Gasteiger partial charge >= 0.3 is 0 Å². The number of carbonyl (C=O) groups is 1. The third kappa shape index (κ3) is 3.51. The average molecular weight is 325 g/mol. The van der Waals surface area contributed by atoms with Gasteiger partial charge in [0.15, 0.2) is 0 Å². The van der Waals surface area contributed by atoms with Gasteiger partial charge in [0, 0.05) is 44.7 Å². The Kier molecular flexibility index (Phi) is 5.26. The molecule has 0 unspecified atom stereocenters. The van der Waals surface area contributed by atoms with Gasteiger partial charge in [-0.15, -0.1) is 0 Å². The third-order valence-electron chi connectivity index (χ3n) is 3.74. The number of aryl methyl sites for hydroxylation is 2. The van der Waals surface area contributed by atoms with E-state index in [4.69, 9.17) is 16.3 Å². The van der Waals surface area contributed by atoms with Gasteiger partial charge in [0.2, 0.25) is 0 Å². The highest BCUT2D eigenvalue weighted by atomic mass is 35.5. The predicted molar refractivity (Wildman–Crippen MR) is 85.1 cm³/mol. The van der Waals surface area contributed by atoms with Crippen LogP contribution in [0.1, 0.15) is 27.4 Å². The van der Waals surface area contributed by atoms with Gasteiger partial charge in [-0.2, -0.15) is 5.10 Å². The quantitative estimate of drug-likeness (QED) is 0.887. The van der Waals surface area contributed by atoms with E-state index in [2.05, 4.69) is 10.1 Å². The highest BCUT2D eigenvalue weighted by Gasteiger charge is 2.20. The molecule has 0 aromatic carbocycles. The van der Waals surface area contributed by atoms with Crippen LogP contribution in [0.25, 0.3) is 0 Å². The number of H-pyrrole nitrogens is 1. The van der Waals surface area contributed by atoms with Crippen LogP contribution in [0.2, 0.25) is 5.02 Å². The molecule has 0 atom stereocenters. The predicted octanol–water partition coefficient (Wildman–Crippen LogP) is 2.31. The number of aromatic amines is 1. The van der Waals surface area contributed by atoms with Crippen LogP contribution in [-0.4, -0.2) is 45.8 Å². The summed E-state index contributed by atoms with van der Waals surface area (Å²) < 4.78 is 6.94. The van der Waals surface area contributed by atoms with Gasteiger partial charge in [0.05, 0.1) is 17.3 Å². The van der Waals surface area contributed by atoms with Gasteiger partial charge in [-0.25, -0.2) is 0 Å². The minimum atomic E-state index is -0.105. The Morgan fingerprint density at radius 1 is 1.50 bits per heavy atom. The van der Waals surface area contributed by atoms with Crippen molar-refractivity contribution in [2.24, 2.45) is 7.05 Å². The van der Waals surface area contributed by atoms with Gasteiger partial charge in [0.25, 0.3) is 5.91 Å². The molecule has 22 heavy (non-hydrogen) atoms. The van der Waals surface area contributed by atoms with Crippen LogP contribution in [0.4, 0.5) is 0 Å². The maximum absolute atomic E-state index is 12.7. The largest absolute Gasteiger partial charge is 0.383 e. The number of carbonyl (C=O) groups excluding carboxylic acids is 1. The van der Waals surface area contributed by atoms with E-state index < -0.39 is 0 Å². The summed E-state index contributed by atoms with van der Waals surface area (Å²) in [7, 11) is 3.52. The molecule has 1 N–H and O–H groups in total. The van der Waals surface area contributed by atoms with Gasteiger partial charge in [0.1, 0.15) is 5.69 Å². The van der Waals surface area contributed by atoms with Crippen LogP contribution in [0, 0.1) is 13.8 Å². The Hall–Kier alpha value is -1.79. The molecule has 0 saturated carbocycles. The summed E-state index contributed by atoms with van der Waals surface area (Å²) in [6, 6.07) is 1.63. The molecule has 2 aromatic rings. The molecule has 0 aliphatic carbocycles. The van der Waals surface area contributed by atoms with Crippen molar-refractivity contribution >= 4 is 17.5 Å². The number of halogens is 1. The highest BCUT2D eigenvalue weighted by molar-refractivity contribution is 6.30. The van der Waals surface area contributed by atoms with Crippen LogP contribution < -0.4 is 0 Å². The minimum Gasteiger partial charge on any atom is -0.383 e. The molecule has 0 bridgehead atoms. The first-order chi connectivity index (χ1) is 10.4. The zero-order valence-electron chi connectivity index (χ0n) is 13.3. The summed E-state index contributed by atoms with van der Waals surface area (Å²) in [6.07, 6.45) is 1.60. The normalized spacial score (nSPS) is 11.0. The van der Waals surface area contributed by atoms with E-state index in [9.17, 15) is 4.79 Å². The van der Waals surface area contributed by atoms with E-state index in [1.54, 1.807) is 24.3 Å². The highest BCUT2D eigenvalue weighted by Crippen LogP contribution is 2.17. The molecule has 2 rings (SSSR count). The number of methoxy groups -OCH3 is 1. The SMILES string of the molecule is COCCN(Cc1c(C)nn(C)c1C)C(=O)c1cc(Cl)c[nH]1. The van der Waals surface area contributed by atoms with E-state index in [-0.39, 0.29) is 5.91 Å². The summed E-state index contributed by atoms with van der Waals surface area (Å²) >= 11 is 5.89. The van der Waals surface area contributed by atoms with Crippen molar-refractivity contribution in [1.29, 1.82) is 0 Å². The Morgan fingerprint density at radius 3 is 2.73 bits per heavy atom. The summed E-state index contributed by atoms with van der Waals surface area (Å²) in [5.74, 6) is -0.105. The number of ether oxygens (including phenoxy) is 1. The number of nitrogens with zero attached hydrogens (tertiary/aromatic N) is 3. The Bertz CT molecular complexity index is 663. The Labute approximate surface area is 135 Å². The van der Waals surface area contributed by atoms with Gasteiger partial charge in [-0.05, 0) is 19.9 Å². The van der Waals surface area contributed by atoms with Gasteiger partial charge in [-0.1, -0.05) is 11.6 Å². The molecule has 120 valence electrons. The standard InChI is InChI=1S/C15H21ClN4O2/c1-10-13(11(2)19(3)18-10)9-20(5-6-22-4)15(21)14-7-12(16)8-17-14/h7-8,17H,5-6,9H2,1-4H3. The fraction of sp³-hybridized carbons (Fsp3) is 0.467. The van der Waals surface area contributed by atoms with Crippen LogP contribution >= 0.6 is 11.6 Å². The molecule has 0 spiro atoms. The number of aromatic nitrogens is 3. The fourth-order valence-corrected chi connectivity index (χ4v) is 2.52. The van der Waals surface area contributed by atoms with Crippen molar-refractivity contribution in [2.75, 3.05) is 20.3 Å². The van der Waals surface area contributed by atoms with Crippen LogP contribution in [0.5, 0.6) is 0 Å². The summed E-state index contributed by atoms with van der Waals surface area (Å²) in [6.45, 7) is 5.41. The van der Waals surface area contributed by atoms with E-state index in [0.29, 0.717) is 30.4 Å². The maximum atomic E-state index is 12.7. The summed E-state index contributed by atoms with van der Waals surface area (Å²) in [5, 5.41) is 4.92. The Morgan fingerprint density at radius 2 is 2.23 bits per heavy atom. The van der Waals surface area contributed by atoms with E-state index >= 15 is 0 Å². The minimum absolute atomic E-state index is 0.105. The second-order valence-electron chi connectivity index (χ2n) is 5.22. The van der Waals surface area contributed by atoms with Crippen molar-refractivity contribution in [1.82, 2.24) is 19.7 Å². The lowest BCUT2D eigenvalue weighted by molar-refractivity contribution is 0.0674. The third-order valence-corrected chi connectivity index (χ3v) is 3.96. The second-order valence-corrected chi connectivity index (χ2v) is 5.66. The first kappa shape index (κ1) is 16.6. The molecule has 6 nitrogen and oxygen atoms in total. The summed E-state index contributed by atoms with van der Waals surface area (Å²) in [5.41, 5.74) is 3.52.